The summed E-state index contributed by atoms with van der Waals surface area (Å²) in [5.41, 5.74) is 2.34. The van der Waals surface area contributed by atoms with Crippen molar-refractivity contribution >= 4 is 22.8 Å². The fraction of sp³-hybridized carbons (Fsp3) is 0.222. The number of benzene rings is 1. The Morgan fingerprint density at radius 2 is 1.79 bits per heavy atom. The van der Waals surface area contributed by atoms with Crippen molar-refractivity contribution in [2.45, 2.75) is 23.6 Å². The van der Waals surface area contributed by atoms with Crippen LogP contribution in [0.25, 0.3) is 22.4 Å². The van der Waals surface area contributed by atoms with Crippen molar-refractivity contribution in [2.24, 2.45) is 7.05 Å². The van der Waals surface area contributed by atoms with Gasteiger partial charge in [-0.2, -0.15) is 13.2 Å². The lowest BCUT2D eigenvalue weighted by Crippen LogP contribution is -2.19. The van der Waals surface area contributed by atoms with Gasteiger partial charge in [-0.05, 0) is 24.3 Å². The molecule has 0 atom stereocenters. The first kappa shape index (κ1) is 18.5. The van der Waals surface area contributed by atoms with Crippen molar-refractivity contribution < 1.29 is 13.2 Å². The number of rotatable bonds is 5. The van der Waals surface area contributed by atoms with E-state index in [9.17, 15) is 13.2 Å². The van der Waals surface area contributed by atoms with Crippen LogP contribution in [0, 0.1) is 0 Å². The molecule has 0 saturated heterocycles. The van der Waals surface area contributed by atoms with Crippen LogP contribution in [-0.2, 0) is 19.3 Å². The highest BCUT2D eigenvalue weighted by Crippen LogP contribution is 2.30. The van der Waals surface area contributed by atoms with Gasteiger partial charge in [0.25, 0.3) is 0 Å². The van der Waals surface area contributed by atoms with Crippen LogP contribution in [0.3, 0.4) is 0 Å². The van der Waals surface area contributed by atoms with Crippen LogP contribution in [0.5, 0.6) is 0 Å². The van der Waals surface area contributed by atoms with Gasteiger partial charge in [0, 0.05) is 25.0 Å². The number of aryl methyl sites for hydroxylation is 1. The highest BCUT2D eigenvalue weighted by molar-refractivity contribution is 7.98. The van der Waals surface area contributed by atoms with Crippen molar-refractivity contribution in [2.75, 3.05) is 0 Å². The number of hydrogen-bond donors (Lipinski definition) is 0. The van der Waals surface area contributed by atoms with Crippen molar-refractivity contribution in [1.29, 1.82) is 0 Å². The molecule has 1 aromatic carbocycles. The fourth-order valence-electron chi connectivity index (χ4n) is 2.89. The Kier molecular flexibility index (Phi) is 4.80. The molecular formula is C18H15F3N6S. The standard InChI is InChI=1S/C18H15F3N6S/c1-26-14-5-3-2-4-13(14)23-15(26)10-28-17-25-24-16(12-6-8-22-9-7-12)27(17)11-18(19,20)21/h2-9H,10-11H2,1H3. The maximum Gasteiger partial charge on any atom is 0.406 e. The Hall–Kier alpha value is -2.88. The maximum atomic E-state index is 13.1. The summed E-state index contributed by atoms with van der Waals surface area (Å²) in [7, 11) is 1.88. The molecule has 144 valence electrons. The summed E-state index contributed by atoms with van der Waals surface area (Å²) in [6, 6.07) is 10.9. The van der Waals surface area contributed by atoms with E-state index in [-0.39, 0.29) is 11.0 Å². The number of fused-ring (bicyclic) bond motifs is 1. The fourth-order valence-corrected chi connectivity index (χ4v) is 3.81. The molecule has 28 heavy (non-hydrogen) atoms. The minimum absolute atomic E-state index is 0.159. The van der Waals surface area contributed by atoms with Crippen LogP contribution < -0.4 is 0 Å². The van der Waals surface area contributed by atoms with Crippen LogP contribution in [0.1, 0.15) is 5.82 Å². The number of nitrogens with zero attached hydrogens (tertiary/aromatic N) is 6. The van der Waals surface area contributed by atoms with E-state index in [0.29, 0.717) is 11.3 Å². The zero-order valence-corrected chi connectivity index (χ0v) is 15.6. The summed E-state index contributed by atoms with van der Waals surface area (Å²) in [6.45, 7) is -1.16. The molecule has 4 rings (SSSR count). The molecule has 0 fully saturated rings. The van der Waals surface area contributed by atoms with Crippen LogP contribution >= 0.6 is 11.8 Å². The number of para-hydroxylation sites is 2. The molecular weight excluding hydrogens is 389 g/mol. The van der Waals surface area contributed by atoms with E-state index in [2.05, 4.69) is 20.2 Å². The second-order valence-electron chi connectivity index (χ2n) is 6.11. The Morgan fingerprint density at radius 3 is 2.50 bits per heavy atom. The molecule has 0 amide bonds. The summed E-state index contributed by atoms with van der Waals surface area (Å²) in [6.07, 6.45) is -1.38. The van der Waals surface area contributed by atoms with Gasteiger partial charge in [0.15, 0.2) is 11.0 Å². The highest BCUT2D eigenvalue weighted by Gasteiger charge is 2.31. The van der Waals surface area contributed by atoms with Gasteiger partial charge >= 0.3 is 6.18 Å². The predicted octanol–water partition coefficient (Wildman–Crippen LogP) is 4.08. The lowest BCUT2D eigenvalue weighted by Gasteiger charge is -2.12. The maximum absolute atomic E-state index is 13.1. The number of halogens is 3. The summed E-state index contributed by atoms with van der Waals surface area (Å²) in [5.74, 6) is 1.28. The van der Waals surface area contributed by atoms with E-state index in [1.807, 2.05) is 35.9 Å². The molecule has 0 aliphatic rings. The van der Waals surface area contributed by atoms with Gasteiger partial charge in [-0.3, -0.25) is 9.55 Å². The summed E-state index contributed by atoms with van der Waals surface area (Å²) in [4.78, 5) is 8.44. The van der Waals surface area contributed by atoms with E-state index >= 15 is 0 Å². The first-order chi connectivity index (χ1) is 13.4. The van der Waals surface area contributed by atoms with E-state index < -0.39 is 12.7 Å². The molecule has 4 aromatic rings. The largest absolute Gasteiger partial charge is 0.406 e. The molecule has 10 heteroatoms. The van der Waals surface area contributed by atoms with Gasteiger partial charge in [0.1, 0.15) is 12.4 Å². The van der Waals surface area contributed by atoms with E-state index in [1.54, 1.807) is 12.1 Å². The lowest BCUT2D eigenvalue weighted by atomic mass is 10.2. The van der Waals surface area contributed by atoms with Gasteiger partial charge in [-0.15, -0.1) is 10.2 Å². The number of aromatic nitrogens is 6. The van der Waals surface area contributed by atoms with Gasteiger partial charge in [-0.25, -0.2) is 4.98 Å². The topological polar surface area (TPSA) is 61.4 Å². The van der Waals surface area contributed by atoms with Crippen molar-refractivity contribution in [3.8, 4) is 11.4 Å². The smallest absolute Gasteiger partial charge is 0.330 e. The number of alkyl halides is 3. The molecule has 3 aromatic heterocycles. The minimum Gasteiger partial charge on any atom is -0.330 e. The third-order valence-corrected chi connectivity index (χ3v) is 5.17. The normalized spacial score (nSPS) is 12.0. The number of pyridine rings is 1. The van der Waals surface area contributed by atoms with Crippen molar-refractivity contribution in [3.05, 3.63) is 54.6 Å². The van der Waals surface area contributed by atoms with E-state index in [0.717, 1.165) is 21.4 Å². The molecule has 0 saturated carbocycles. The molecule has 0 aliphatic heterocycles. The van der Waals surface area contributed by atoms with Gasteiger partial charge < -0.3 is 4.57 Å². The summed E-state index contributed by atoms with van der Waals surface area (Å²) < 4.78 is 42.5. The first-order valence-corrected chi connectivity index (χ1v) is 9.34. The van der Waals surface area contributed by atoms with Gasteiger partial charge in [0.05, 0.1) is 16.8 Å². The average molecular weight is 404 g/mol. The zero-order chi connectivity index (χ0) is 19.7. The molecule has 0 bridgehead atoms. The third kappa shape index (κ3) is 3.72. The number of thioether (sulfide) groups is 1. The van der Waals surface area contributed by atoms with Gasteiger partial charge in [-0.1, -0.05) is 23.9 Å². The minimum atomic E-state index is -4.39. The molecule has 0 unspecified atom stereocenters. The van der Waals surface area contributed by atoms with E-state index in [4.69, 9.17) is 0 Å². The Balaban J connectivity index is 1.65. The molecule has 0 radical (unpaired) electrons. The summed E-state index contributed by atoms with van der Waals surface area (Å²) >= 11 is 1.18. The Labute approximate surface area is 162 Å². The monoisotopic (exact) mass is 404 g/mol. The van der Waals surface area contributed by atoms with Crippen molar-refractivity contribution in [1.82, 2.24) is 29.3 Å². The van der Waals surface area contributed by atoms with Crippen molar-refractivity contribution in [3.63, 3.8) is 0 Å². The van der Waals surface area contributed by atoms with Crippen LogP contribution in [0.4, 0.5) is 13.2 Å². The van der Waals surface area contributed by atoms with Crippen LogP contribution in [0.2, 0.25) is 0 Å². The highest BCUT2D eigenvalue weighted by atomic mass is 32.2. The number of imidazole rings is 1. The van der Waals surface area contributed by atoms with Crippen LogP contribution in [-0.4, -0.2) is 35.5 Å². The van der Waals surface area contributed by atoms with E-state index in [1.165, 1.54) is 24.2 Å². The molecule has 6 nitrogen and oxygen atoms in total. The Bertz CT molecular complexity index is 1100. The lowest BCUT2D eigenvalue weighted by molar-refractivity contribution is -0.141. The molecule has 0 N–H and O–H groups in total. The van der Waals surface area contributed by atoms with Crippen LogP contribution in [0.15, 0.2) is 53.9 Å². The predicted molar refractivity (Wildman–Crippen MR) is 99.6 cm³/mol. The zero-order valence-electron chi connectivity index (χ0n) is 14.8. The third-order valence-electron chi connectivity index (χ3n) is 4.20. The molecule has 0 spiro atoms. The Morgan fingerprint density at radius 1 is 1.04 bits per heavy atom. The second kappa shape index (κ2) is 7.27. The second-order valence-corrected chi connectivity index (χ2v) is 7.05. The average Bonchev–Trinajstić information content (AvgIpc) is 3.20. The first-order valence-electron chi connectivity index (χ1n) is 8.36. The quantitative estimate of drug-likeness (QED) is 0.469. The summed E-state index contributed by atoms with van der Waals surface area (Å²) in [5, 5.41) is 8.17. The molecule has 0 aliphatic carbocycles. The van der Waals surface area contributed by atoms with Gasteiger partial charge in [0.2, 0.25) is 0 Å². The number of hydrogen-bond acceptors (Lipinski definition) is 5. The SMILES string of the molecule is Cn1c(CSc2nnc(-c3ccncc3)n2CC(F)(F)F)nc2ccccc21. The molecule has 3 heterocycles.